The van der Waals surface area contributed by atoms with Crippen LogP contribution in [0.25, 0.3) is 0 Å². The van der Waals surface area contributed by atoms with E-state index in [1.165, 1.54) is 18.3 Å². The fourth-order valence-corrected chi connectivity index (χ4v) is 1.72. The van der Waals surface area contributed by atoms with Gasteiger partial charge in [0.2, 0.25) is 5.88 Å². The van der Waals surface area contributed by atoms with Crippen LogP contribution >= 0.6 is 0 Å². The van der Waals surface area contributed by atoms with Crippen LogP contribution in [-0.2, 0) is 0 Å². The topological polar surface area (TPSA) is 71.5 Å². The molecule has 0 aromatic carbocycles. The molecule has 0 aliphatic rings. The Kier molecular flexibility index (Phi) is 6.67. The van der Waals surface area contributed by atoms with E-state index in [0.29, 0.717) is 0 Å². The van der Waals surface area contributed by atoms with Crippen molar-refractivity contribution < 1.29 is 23.4 Å². The van der Waals surface area contributed by atoms with Gasteiger partial charge in [-0.1, -0.05) is 20.3 Å². The van der Waals surface area contributed by atoms with Crippen LogP contribution in [0.4, 0.5) is 8.78 Å². The maximum atomic E-state index is 12.0. The molecular weight excluding hydrogens is 294 g/mol. The normalized spacial score (nSPS) is 15.2. The van der Waals surface area contributed by atoms with Crippen molar-refractivity contribution in [2.75, 3.05) is 13.2 Å². The molecule has 1 heterocycles. The molecular formula is C15H22F2N2O3. The number of pyridine rings is 1. The third-order valence-electron chi connectivity index (χ3n) is 3.64. The molecule has 22 heavy (non-hydrogen) atoms. The van der Waals surface area contributed by atoms with Gasteiger partial charge in [0.15, 0.2) is 6.61 Å². The van der Waals surface area contributed by atoms with E-state index in [4.69, 9.17) is 4.74 Å². The van der Waals surface area contributed by atoms with Crippen molar-refractivity contribution in [3.8, 4) is 5.88 Å². The van der Waals surface area contributed by atoms with Crippen molar-refractivity contribution in [3.63, 3.8) is 0 Å². The molecule has 0 saturated carbocycles. The average molecular weight is 316 g/mol. The molecule has 0 fully saturated rings. The van der Waals surface area contributed by atoms with E-state index in [2.05, 4.69) is 10.3 Å². The number of hydrogen-bond acceptors (Lipinski definition) is 4. The largest absolute Gasteiger partial charge is 0.472 e. The van der Waals surface area contributed by atoms with Gasteiger partial charge >= 0.3 is 0 Å². The lowest BCUT2D eigenvalue weighted by molar-refractivity contribution is 0.00592. The number of hydrogen-bond donors (Lipinski definition) is 2. The second-order valence-electron chi connectivity index (χ2n) is 5.44. The van der Waals surface area contributed by atoms with Crippen molar-refractivity contribution in [1.82, 2.24) is 10.3 Å². The van der Waals surface area contributed by atoms with Crippen molar-refractivity contribution >= 4 is 5.91 Å². The number of ether oxygens (including phenoxy) is 1. The third kappa shape index (κ3) is 5.55. The first kappa shape index (κ1) is 18.3. The smallest absolute Gasteiger partial charge is 0.272 e. The van der Waals surface area contributed by atoms with Crippen molar-refractivity contribution in [1.29, 1.82) is 0 Å². The van der Waals surface area contributed by atoms with Crippen LogP contribution in [0.1, 0.15) is 37.6 Å². The summed E-state index contributed by atoms with van der Waals surface area (Å²) in [4.78, 5) is 15.7. The van der Waals surface area contributed by atoms with E-state index in [0.717, 1.165) is 6.42 Å². The van der Waals surface area contributed by atoms with Gasteiger partial charge in [0.25, 0.3) is 12.3 Å². The zero-order valence-electron chi connectivity index (χ0n) is 13.0. The van der Waals surface area contributed by atoms with Gasteiger partial charge in [-0.15, -0.1) is 0 Å². The summed E-state index contributed by atoms with van der Waals surface area (Å²) in [6, 6.07) is 2.78. The number of halogens is 2. The summed E-state index contributed by atoms with van der Waals surface area (Å²) in [5.74, 6) is -0.323. The molecule has 0 aliphatic heterocycles. The van der Waals surface area contributed by atoms with Crippen LogP contribution in [-0.4, -0.2) is 41.2 Å². The first-order chi connectivity index (χ1) is 10.3. The first-order valence-electron chi connectivity index (χ1n) is 7.13. The van der Waals surface area contributed by atoms with Gasteiger partial charge in [0, 0.05) is 18.8 Å². The number of alkyl halides is 2. The summed E-state index contributed by atoms with van der Waals surface area (Å²) in [7, 11) is 0. The number of aromatic nitrogens is 1. The van der Waals surface area contributed by atoms with E-state index in [1.807, 2.05) is 13.8 Å². The number of nitrogens with one attached hydrogen (secondary N) is 1. The number of carbonyl (C=O) groups is 1. The van der Waals surface area contributed by atoms with Crippen molar-refractivity contribution in [2.24, 2.45) is 5.92 Å². The Morgan fingerprint density at radius 3 is 2.68 bits per heavy atom. The van der Waals surface area contributed by atoms with Gasteiger partial charge in [-0.25, -0.2) is 13.8 Å². The predicted molar refractivity (Wildman–Crippen MR) is 78.1 cm³/mol. The van der Waals surface area contributed by atoms with Gasteiger partial charge in [0.05, 0.1) is 11.2 Å². The molecule has 2 unspecified atom stereocenters. The van der Waals surface area contributed by atoms with Crippen molar-refractivity contribution in [2.45, 2.75) is 39.2 Å². The van der Waals surface area contributed by atoms with Crippen molar-refractivity contribution in [3.05, 3.63) is 23.9 Å². The Balaban J connectivity index is 2.56. The van der Waals surface area contributed by atoms with Crippen LogP contribution < -0.4 is 10.1 Å². The number of rotatable bonds is 8. The number of amides is 1. The molecule has 0 saturated heterocycles. The standard InChI is InChI=1S/C15H22F2N2O3/c1-4-10(2)15(3,21)9-19-14(20)11-5-6-13(18-7-11)22-8-12(16)17/h5-7,10,12,21H,4,8-9H2,1-3H3,(H,19,20). The second-order valence-corrected chi connectivity index (χ2v) is 5.44. The molecule has 0 aliphatic carbocycles. The summed E-state index contributed by atoms with van der Waals surface area (Å²) in [5.41, 5.74) is -0.734. The monoisotopic (exact) mass is 316 g/mol. The molecule has 7 heteroatoms. The summed E-state index contributed by atoms with van der Waals surface area (Å²) in [6.45, 7) is 4.91. The maximum absolute atomic E-state index is 12.0. The minimum atomic E-state index is -2.58. The maximum Gasteiger partial charge on any atom is 0.272 e. The molecule has 1 amide bonds. The van der Waals surface area contributed by atoms with Gasteiger partial charge in [0.1, 0.15) is 0 Å². The highest BCUT2D eigenvalue weighted by atomic mass is 19.3. The van der Waals surface area contributed by atoms with Gasteiger partial charge in [-0.05, 0) is 18.9 Å². The highest BCUT2D eigenvalue weighted by molar-refractivity contribution is 5.93. The Morgan fingerprint density at radius 2 is 2.18 bits per heavy atom. The van der Waals surface area contributed by atoms with Crippen LogP contribution in [0.5, 0.6) is 5.88 Å². The van der Waals surface area contributed by atoms with E-state index in [-0.39, 0.29) is 23.9 Å². The van der Waals surface area contributed by atoms with E-state index in [1.54, 1.807) is 6.92 Å². The lowest BCUT2D eigenvalue weighted by atomic mass is 9.88. The van der Waals surface area contributed by atoms with Gasteiger partial charge < -0.3 is 15.2 Å². The molecule has 2 N–H and O–H groups in total. The summed E-state index contributed by atoms with van der Waals surface area (Å²) < 4.78 is 28.7. The van der Waals surface area contributed by atoms with Crippen LogP contribution in [0, 0.1) is 5.92 Å². The number of nitrogens with zero attached hydrogens (tertiary/aromatic N) is 1. The van der Waals surface area contributed by atoms with Crippen LogP contribution in [0.3, 0.4) is 0 Å². The molecule has 0 bridgehead atoms. The minimum absolute atomic E-state index is 0.0310. The average Bonchev–Trinajstić information content (AvgIpc) is 2.50. The molecule has 1 rings (SSSR count). The summed E-state index contributed by atoms with van der Waals surface area (Å²) in [5, 5.41) is 12.9. The molecule has 1 aromatic rings. The second kappa shape index (κ2) is 8.03. The lowest BCUT2D eigenvalue weighted by Crippen LogP contribution is -2.45. The SMILES string of the molecule is CCC(C)C(C)(O)CNC(=O)c1ccc(OCC(F)F)nc1. The highest BCUT2D eigenvalue weighted by Gasteiger charge is 2.27. The molecule has 2 atom stereocenters. The van der Waals surface area contributed by atoms with Crippen LogP contribution in [0.2, 0.25) is 0 Å². The molecule has 0 spiro atoms. The third-order valence-corrected chi connectivity index (χ3v) is 3.64. The zero-order chi connectivity index (χ0) is 16.8. The quantitative estimate of drug-likeness (QED) is 0.771. The molecule has 0 radical (unpaired) electrons. The van der Waals surface area contributed by atoms with Gasteiger partial charge in [-0.3, -0.25) is 4.79 Å². The van der Waals surface area contributed by atoms with Crippen LogP contribution in [0.15, 0.2) is 18.3 Å². The van der Waals surface area contributed by atoms with E-state index in [9.17, 15) is 18.7 Å². The Labute approximate surface area is 128 Å². The fourth-order valence-electron chi connectivity index (χ4n) is 1.72. The minimum Gasteiger partial charge on any atom is -0.472 e. The highest BCUT2D eigenvalue weighted by Crippen LogP contribution is 2.19. The number of aliphatic hydroxyl groups is 1. The Morgan fingerprint density at radius 1 is 1.50 bits per heavy atom. The Bertz CT molecular complexity index is 478. The number of carbonyl (C=O) groups excluding carboxylic acids is 1. The molecule has 124 valence electrons. The van der Waals surface area contributed by atoms with E-state index >= 15 is 0 Å². The summed E-state index contributed by atoms with van der Waals surface area (Å²) >= 11 is 0. The fraction of sp³-hybridized carbons (Fsp3) is 0.600. The Hall–Kier alpha value is -1.76. The molecule has 5 nitrogen and oxygen atoms in total. The zero-order valence-corrected chi connectivity index (χ0v) is 13.0. The van der Waals surface area contributed by atoms with E-state index < -0.39 is 24.5 Å². The summed E-state index contributed by atoms with van der Waals surface area (Å²) in [6.07, 6.45) is -0.540. The predicted octanol–water partition coefficient (Wildman–Crippen LogP) is 2.25. The molecule has 1 aromatic heterocycles. The lowest BCUT2D eigenvalue weighted by Gasteiger charge is -2.29. The first-order valence-corrected chi connectivity index (χ1v) is 7.13. The van der Waals surface area contributed by atoms with Gasteiger partial charge in [-0.2, -0.15) is 0 Å².